The van der Waals surface area contributed by atoms with Crippen LogP contribution in [0.3, 0.4) is 0 Å². The van der Waals surface area contributed by atoms with Crippen molar-refractivity contribution in [2.45, 2.75) is 6.18 Å². The van der Waals surface area contributed by atoms with Gasteiger partial charge in [-0.3, -0.25) is 0 Å². The van der Waals surface area contributed by atoms with Crippen LogP contribution in [-0.2, 0) is 6.18 Å². The maximum atomic E-state index is 12.9. The largest absolute Gasteiger partial charge is 0.418 e. The highest BCUT2D eigenvalue weighted by Crippen LogP contribution is 2.38. The number of anilines is 1. The first kappa shape index (κ1) is 11.6. The first-order valence-electron chi connectivity index (χ1n) is 5.36. The number of hydrogen-bond acceptors (Lipinski definition) is 3. The first-order valence-corrected chi connectivity index (χ1v) is 5.36. The highest BCUT2D eigenvalue weighted by molar-refractivity contribution is 5.98. The second-order valence-corrected chi connectivity index (χ2v) is 4.04. The topological polar surface area (TPSA) is 67.8 Å². The molecule has 0 atom stereocenters. The maximum absolute atomic E-state index is 12.9. The van der Waals surface area contributed by atoms with Crippen LogP contribution in [0.2, 0.25) is 0 Å². The second kappa shape index (κ2) is 3.78. The van der Waals surface area contributed by atoms with E-state index >= 15 is 0 Å². The van der Waals surface area contributed by atoms with Crippen LogP contribution in [0, 0.1) is 0 Å². The molecule has 0 bridgehead atoms. The number of aromatic amines is 1. The highest BCUT2D eigenvalue weighted by Gasteiger charge is 2.33. The van der Waals surface area contributed by atoms with Gasteiger partial charge in [0.1, 0.15) is 5.69 Å². The van der Waals surface area contributed by atoms with Gasteiger partial charge in [-0.1, -0.05) is 17.3 Å². The molecular formula is C12H8F3N3O. The summed E-state index contributed by atoms with van der Waals surface area (Å²) in [6, 6.07) is 3.93. The van der Waals surface area contributed by atoms with Gasteiger partial charge in [0, 0.05) is 17.1 Å². The van der Waals surface area contributed by atoms with E-state index in [2.05, 4.69) is 10.1 Å². The van der Waals surface area contributed by atoms with Gasteiger partial charge >= 0.3 is 6.18 Å². The van der Waals surface area contributed by atoms with Gasteiger partial charge in [-0.15, -0.1) is 0 Å². The molecule has 0 aliphatic rings. The maximum Gasteiger partial charge on any atom is 0.418 e. The monoisotopic (exact) mass is 267 g/mol. The summed E-state index contributed by atoms with van der Waals surface area (Å²) in [5.74, 6) is 0.255. The molecule has 0 unspecified atom stereocenters. The third-order valence-corrected chi connectivity index (χ3v) is 2.86. The Balaban J connectivity index is 2.29. The Morgan fingerprint density at radius 3 is 2.68 bits per heavy atom. The van der Waals surface area contributed by atoms with Crippen LogP contribution in [0.15, 0.2) is 35.1 Å². The lowest BCUT2D eigenvalue weighted by molar-refractivity contribution is -0.136. The average molecular weight is 267 g/mol. The minimum atomic E-state index is -4.42. The van der Waals surface area contributed by atoms with Crippen molar-refractivity contribution in [3.05, 3.63) is 36.2 Å². The summed E-state index contributed by atoms with van der Waals surface area (Å²) in [5.41, 5.74) is 5.66. The molecule has 0 amide bonds. The van der Waals surface area contributed by atoms with Crippen molar-refractivity contribution in [3.8, 4) is 11.3 Å². The van der Waals surface area contributed by atoms with Gasteiger partial charge in [-0.25, -0.2) is 0 Å². The molecule has 0 fully saturated rings. The summed E-state index contributed by atoms with van der Waals surface area (Å²) in [5, 5.41) is 3.91. The number of nitrogen functional groups attached to an aromatic ring is 1. The quantitative estimate of drug-likeness (QED) is 0.709. The molecule has 0 saturated carbocycles. The smallest absolute Gasteiger partial charge is 0.394 e. The Morgan fingerprint density at radius 2 is 2.05 bits per heavy atom. The predicted octanol–water partition coefficient (Wildman–Crippen LogP) is 3.42. The number of halogens is 3. The Bertz CT molecular complexity index is 742. The van der Waals surface area contributed by atoms with Gasteiger partial charge in [-0.05, 0) is 6.07 Å². The van der Waals surface area contributed by atoms with Gasteiger partial charge in [0.05, 0.1) is 17.3 Å². The summed E-state index contributed by atoms with van der Waals surface area (Å²) in [7, 11) is 0. The second-order valence-electron chi connectivity index (χ2n) is 4.04. The number of hydrogen-bond donors (Lipinski definition) is 2. The summed E-state index contributed by atoms with van der Waals surface area (Å²) in [6.07, 6.45) is -1.69. The van der Waals surface area contributed by atoms with Gasteiger partial charge < -0.3 is 15.2 Å². The third kappa shape index (κ3) is 1.74. The molecule has 1 aromatic carbocycles. The van der Waals surface area contributed by atoms with E-state index in [1.54, 1.807) is 6.07 Å². The Labute approximate surface area is 105 Å². The van der Waals surface area contributed by atoms with Crippen LogP contribution in [0.25, 0.3) is 22.2 Å². The molecule has 3 N–H and O–H groups in total. The SMILES string of the molecule is Nc1cnoc1-c1c[nH]c2c(C(F)(F)F)cccc12. The summed E-state index contributed by atoms with van der Waals surface area (Å²) >= 11 is 0. The lowest BCUT2D eigenvalue weighted by Crippen LogP contribution is -2.05. The molecule has 2 heterocycles. The van der Waals surface area contributed by atoms with Gasteiger partial charge in [0.2, 0.25) is 0 Å². The average Bonchev–Trinajstić information content (AvgIpc) is 2.92. The van der Waals surface area contributed by atoms with Crippen LogP contribution >= 0.6 is 0 Å². The Kier molecular flexibility index (Phi) is 2.31. The van der Waals surface area contributed by atoms with Crippen molar-refractivity contribution in [2.75, 3.05) is 5.73 Å². The van der Waals surface area contributed by atoms with Gasteiger partial charge in [0.15, 0.2) is 5.76 Å². The minimum Gasteiger partial charge on any atom is -0.394 e. The third-order valence-electron chi connectivity index (χ3n) is 2.86. The molecule has 19 heavy (non-hydrogen) atoms. The molecule has 98 valence electrons. The molecule has 3 rings (SSSR count). The molecule has 0 radical (unpaired) electrons. The van der Waals surface area contributed by atoms with Crippen LogP contribution in [0.4, 0.5) is 18.9 Å². The molecule has 0 saturated heterocycles. The molecule has 0 spiro atoms. The number of benzene rings is 1. The fraction of sp³-hybridized carbons (Fsp3) is 0.0833. The van der Waals surface area contributed by atoms with E-state index in [1.807, 2.05) is 0 Å². The number of alkyl halides is 3. The number of nitrogens with zero attached hydrogens (tertiary/aromatic N) is 1. The zero-order valence-electron chi connectivity index (χ0n) is 9.45. The fourth-order valence-electron chi connectivity index (χ4n) is 2.03. The van der Waals surface area contributed by atoms with Crippen molar-refractivity contribution >= 4 is 16.6 Å². The van der Waals surface area contributed by atoms with Crippen LogP contribution in [-0.4, -0.2) is 10.1 Å². The molecule has 7 heteroatoms. The molecular weight excluding hydrogens is 259 g/mol. The van der Waals surface area contributed by atoms with Crippen molar-refractivity contribution in [1.82, 2.24) is 10.1 Å². The fourth-order valence-corrected chi connectivity index (χ4v) is 2.03. The highest BCUT2D eigenvalue weighted by atomic mass is 19.4. The summed E-state index contributed by atoms with van der Waals surface area (Å²) in [6.45, 7) is 0. The van der Waals surface area contributed by atoms with Crippen molar-refractivity contribution < 1.29 is 17.7 Å². The summed E-state index contributed by atoms with van der Waals surface area (Å²) in [4.78, 5) is 2.62. The lowest BCUT2D eigenvalue weighted by atomic mass is 10.1. The Hall–Kier alpha value is -2.44. The lowest BCUT2D eigenvalue weighted by Gasteiger charge is -2.07. The van der Waals surface area contributed by atoms with Crippen LogP contribution < -0.4 is 5.73 Å². The van der Waals surface area contributed by atoms with E-state index in [-0.39, 0.29) is 17.0 Å². The van der Waals surface area contributed by atoms with E-state index < -0.39 is 11.7 Å². The van der Waals surface area contributed by atoms with Crippen LogP contribution in [0.5, 0.6) is 0 Å². The van der Waals surface area contributed by atoms with Crippen molar-refractivity contribution in [2.24, 2.45) is 0 Å². The predicted molar refractivity (Wildman–Crippen MR) is 63.2 cm³/mol. The van der Waals surface area contributed by atoms with Crippen molar-refractivity contribution in [3.63, 3.8) is 0 Å². The number of aromatic nitrogens is 2. The first-order chi connectivity index (χ1) is 8.98. The molecule has 0 aliphatic heterocycles. The molecule has 2 aromatic heterocycles. The number of nitrogens with one attached hydrogen (secondary N) is 1. The number of fused-ring (bicyclic) bond motifs is 1. The summed E-state index contributed by atoms with van der Waals surface area (Å²) < 4.78 is 43.6. The van der Waals surface area contributed by atoms with Crippen molar-refractivity contribution in [1.29, 1.82) is 0 Å². The standard InChI is InChI=1S/C12H8F3N3O/c13-12(14,15)8-3-1-2-6-7(4-17-10(6)8)11-9(16)5-18-19-11/h1-5,17H,16H2. The molecule has 3 aromatic rings. The number of rotatable bonds is 1. The van der Waals surface area contributed by atoms with E-state index in [0.29, 0.717) is 10.9 Å². The zero-order chi connectivity index (χ0) is 13.6. The minimum absolute atomic E-state index is 0.000741. The normalized spacial score (nSPS) is 12.2. The molecule has 0 aliphatic carbocycles. The van der Waals surface area contributed by atoms with E-state index in [9.17, 15) is 13.2 Å². The van der Waals surface area contributed by atoms with E-state index in [0.717, 1.165) is 6.07 Å². The number of nitrogens with two attached hydrogens (primary N) is 1. The van der Waals surface area contributed by atoms with E-state index in [4.69, 9.17) is 10.3 Å². The zero-order valence-corrected chi connectivity index (χ0v) is 9.45. The molecule has 4 nitrogen and oxygen atoms in total. The van der Waals surface area contributed by atoms with Crippen LogP contribution in [0.1, 0.15) is 5.56 Å². The Morgan fingerprint density at radius 1 is 1.26 bits per heavy atom. The number of para-hydroxylation sites is 1. The van der Waals surface area contributed by atoms with Gasteiger partial charge in [-0.2, -0.15) is 13.2 Å². The van der Waals surface area contributed by atoms with Gasteiger partial charge in [0.25, 0.3) is 0 Å². The number of H-pyrrole nitrogens is 1. The van der Waals surface area contributed by atoms with E-state index in [1.165, 1.54) is 18.5 Å².